The molecule has 3 N–H and O–H groups in total. The normalized spacial score (nSPS) is 22.1. The topological polar surface area (TPSA) is 78.7 Å². The molecule has 0 aliphatic carbocycles. The van der Waals surface area contributed by atoms with Gasteiger partial charge in [-0.05, 0) is 32.4 Å². The average molecular weight is 341 g/mol. The molecule has 2 aliphatic heterocycles. The summed E-state index contributed by atoms with van der Waals surface area (Å²) in [7, 11) is 0. The van der Waals surface area contributed by atoms with Gasteiger partial charge in [0, 0.05) is 19.1 Å². The van der Waals surface area contributed by atoms with Gasteiger partial charge in [-0.15, -0.1) is 24.8 Å². The van der Waals surface area contributed by atoms with Gasteiger partial charge in [0.25, 0.3) is 0 Å². The highest BCUT2D eigenvalue weighted by Gasteiger charge is 2.30. The van der Waals surface area contributed by atoms with Crippen LogP contribution in [0.5, 0.6) is 0 Å². The fourth-order valence-electron chi connectivity index (χ4n) is 2.91. The summed E-state index contributed by atoms with van der Waals surface area (Å²) in [6.45, 7) is 3.94. The maximum Gasteiger partial charge on any atom is 0.242 e. The standard InChI is InChI=1S/C13H24N4O2.2ClH/c14-8-12(18)15-9-13(19)17-7-4-11(10-17)16-5-2-1-3-6-16;;/h11H,1-10,14H2,(H,15,18);2*1H. The fourth-order valence-corrected chi connectivity index (χ4v) is 2.91. The Labute approximate surface area is 138 Å². The Balaban J connectivity index is 0.00000200. The van der Waals surface area contributed by atoms with Crippen LogP contribution in [0.1, 0.15) is 25.7 Å². The molecule has 0 spiro atoms. The number of hydrogen-bond donors (Lipinski definition) is 2. The molecule has 0 bridgehead atoms. The molecule has 21 heavy (non-hydrogen) atoms. The van der Waals surface area contributed by atoms with Crippen molar-refractivity contribution in [2.75, 3.05) is 39.3 Å². The lowest BCUT2D eigenvalue weighted by Crippen LogP contribution is -2.44. The maximum absolute atomic E-state index is 11.9. The van der Waals surface area contributed by atoms with Crippen LogP contribution in [-0.2, 0) is 9.59 Å². The molecule has 0 saturated carbocycles. The lowest BCUT2D eigenvalue weighted by Gasteiger charge is -2.32. The number of carbonyl (C=O) groups excluding carboxylic acids is 2. The quantitative estimate of drug-likeness (QED) is 0.754. The van der Waals surface area contributed by atoms with Crippen LogP contribution in [-0.4, -0.2) is 66.9 Å². The van der Waals surface area contributed by atoms with E-state index in [1.54, 1.807) is 0 Å². The zero-order valence-electron chi connectivity index (χ0n) is 12.3. The Kier molecular flexibility index (Phi) is 9.94. The Hall–Kier alpha value is -0.560. The number of piperidine rings is 1. The van der Waals surface area contributed by atoms with Crippen LogP contribution >= 0.6 is 24.8 Å². The summed E-state index contributed by atoms with van der Waals surface area (Å²) in [4.78, 5) is 27.3. The molecule has 0 aromatic rings. The predicted molar refractivity (Wildman–Crippen MR) is 87.0 cm³/mol. The molecule has 1 atom stereocenters. The first-order valence-corrected chi connectivity index (χ1v) is 7.19. The predicted octanol–water partition coefficient (Wildman–Crippen LogP) is -0.00830. The second-order valence-corrected chi connectivity index (χ2v) is 5.36. The number of hydrogen-bond acceptors (Lipinski definition) is 4. The van der Waals surface area contributed by atoms with Crippen molar-refractivity contribution < 1.29 is 9.59 Å². The third-order valence-corrected chi connectivity index (χ3v) is 4.05. The van der Waals surface area contributed by atoms with Crippen molar-refractivity contribution in [3.8, 4) is 0 Å². The van der Waals surface area contributed by atoms with Gasteiger partial charge in [-0.25, -0.2) is 0 Å². The van der Waals surface area contributed by atoms with E-state index in [0.29, 0.717) is 6.04 Å². The zero-order valence-corrected chi connectivity index (χ0v) is 13.9. The van der Waals surface area contributed by atoms with Gasteiger partial charge in [0.15, 0.2) is 0 Å². The van der Waals surface area contributed by atoms with E-state index in [9.17, 15) is 9.59 Å². The molecule has 2 fully saturated rings. The third-order valence-electron chi connectivity index (χ3n) is 4.05. The minimum atomic E-state index is -0.278. The Morgan fingerprint density at radius 2 is 1.76 bits per heavy atom. The van der Waals surface area contributed by atoms with E-state index >= 15 is 0 Å². The van der Waals surface area contributed by atoms with E-state index in [1.165, 1.54) is 19.3 Å². The highest BCUT2D eigenvalue weighted by atomic mass is 35.5. The number of nitrogens with one attached hydrogen (secondary N) is 1. The second kappa shape index (κ2) is 10.2. The van der Waals surface area contributed by atoms with E-state index in [1.807, 2.05) is 4.90 Å². The molecule has 124 valence electrons. The van der Waals surface area contributed by atoms with Crippen molar-refractivity contribution in [2.24, 2.45) is 5.73 Å². The van der Waals surface area contributed by atoms with Crippen molar-refractivity contribution in [3.63, 3.8) is 0 Å². The SMILES string of the molecule is Cl.Cl.NCC(=O)NCC(=O)N1CCC(N2CCCCC2)C1. The summed E-state index contributed by atoms with van der Waals surface area (Å²) >= 11 is 0. The smallest absolute Gasteiger partial charge is 0.242 e. The highest BCUT2D eigenvalue weighted by Crippen LogP contribution is 2.20. The van der Waals surface area contributed by atoms with Crippen LogP contribution in [0.25, 0.3) is 0 Å². The van der Waals surface area contributed by atoms with E-state index in [0.717, 1.165) is 32.6 Å². The first kappa shape index (κ1) is 20.4. The number of nitrogens with zero attached hydrogens (tertiary/aromatic N) is 2. The average Bonchev–Trinajstić information content (AvgIpc) is 2.95. The first-order valence-electron chi connectivity index (χ1n) is 7.19. The number of rotatable bonds is 4. The molecule has 0 aromatic carbocycles. The van der Waals surface area contributed by atoms with Gasteiger partial charge in [0.05, 0.1) is 13.1 Å². The monoisotopic (exact) mass is 340 g/mol. The second-order valence-electron chi connectivity index (χ2n) is 5.36. The molecule has 1 unspecified atom stereocenters. The van der Waals surface area contributed by atoms with E-state index in [2.05, 4.69) is 10.2 Å². The number of halogens is 2. The summed E-state index contributed by atoms with van der Waals surface area (Å²) in [5.74, 6) is -0.276. The van der Waals surface area contributed by atoms with Gasteiger partial charge in [0.2, 0.25) is 11.8 Å². The Morgan fingerprint density at radius 3 is 2.38 bits per heavy atom. The lowest BCUT2D eigenvalue weighted by atomic mass is 10.1. The fraction of sp³-hybridized carbons (Fsp3) is 0.846. The minimum Gasteiger partial charge on any atom is -0.346 e. The molecule has 8 heteroatoms. The summed E-state index contributed by atoms with van der Waals surface area (Å²) in [6, 6.07) is 0.509. The molecule has 2 aliphatic rings. The highest BCUT2D eigenvalue weighted by molar-refractivity contribution is 5.86. The van der Waals surface area contributed by atoms with Gasteiger partial charge in [0.1, 0.15) is 0 Å². The molecule has 2 rings (SSSR count). The van der Waals surface area contributed by atoms with Crippen LogP contribution in [0.15, 0.2) is 0 Å². The van der Waals surface area contributed by atoms with Crippen LogP contribution in [0, 0.1) is 0 Å². The number of likely N-dealkylation sites (tertiary alicyclic amines) is 2. The van der Waals surface area contributed by atoms with Crippen LogP contribution in [0.2, 0.25) is 0 Å². The van der Waals surface area contributed by atoms with E-state index < -0.39 is 0 Å². The van der Waals surface area contributed by atoms with Crippen LogP contribution in [0.4, 0.5) is 0 Å². The van der Waals surface area contributed by atoms with Crippen molar-refractivity contribution in [1.82, 2.24) is 15.1 Å². The summed E-state index contributed by atoms with van der Waals surface area (Å²) in [6.07, 6.45) is 4.93. The van der Waals surface area contributed by atoms with Crippen molar-refractivity contribution in [2.45, 2.75) is 31.7 Å². The van der Waals surface area contributed by atoms with Crippen LogP contribution < -0.4 is 11.1 Å². The number of carbonyl (C=O) groups is 2. The maximum atomic E-state index is 11.9. The number of amides is 2. The third kappa shape index (κ3) is 5.98. The van der Waals surface area contributed by atoms with Gasteiger partial charge in [-0.3, -0.25) is 14.5 Å². The molecule has 6 nitrogen and oxygen atoms in total. The van der Waals surface area contributed by atoms with Gasteiger partial charge in [-0.1, -0.05) is 6.42 Å². The first-order chi connectivity index (χ1) is 9.20. The summed E-state index contributed by atoms with van der Waals surface area (Å²) in [5.41, 5.74) is 5.19. The largest absolute Gasteiger partial charge is 0.346 e. The van der Waals surface area contributed by atoms with Crippen molar-refractivity contribution >= 4 is 36.6 Å². The van der Waals surface area contributed by atoms with E-state index in [-0.39, 0.29) is 49.7 Å². The minimum absolute atomic E-state index is 0. The molecular weight excluding hydrogens is 315 g/mol. The van der Waals surface area contributed by atoms with Crippen LogP contribution in [0.3, 0.4) is 0 Å². The molecule has 2 amide bonds. The Morgan fingerprint density at radius 1 is 1.10 bits per heavy atom. The molecule has 2 saturated heterocycles. The number of nitrogens with two attached hydrogens (primary N) is 1. The van der Waals surface area contributed by atoms with Gasteiger partial charge >= 0.3 is 0 Å². The molecular formula is C13H26Cl2N4O2. The van der Waals surface area contributed by atoms with Gasteiger partial charge < -0.3 is 16.0 Å². The van der Waals surface area contributed by atoms with E-state index in [4.69, 9.17) is 5.73 Å². The van der Waals surface area contributed by atoms with Crippen molar-refractivity contribution in [1.29, 1.82) is 0 Å². The zero-order chi connectivity index (χ0) is 13.7. The lowest BCUT2D eigenvalue weighted by molar-refractivity contribution is -0.131. The molecule has 0 aromatic heterocycles. The Bertz CT molecular complexity index is 338. The van der Waals surface area contributed by atoms with Crippen molar-refractivity contribution in [3.05, 3.63) is 0 Å². The summed E-state index contributed by atoms with van der Waals surface area (Å²) in [5, 5.41) is 2.53. The molecule has 0 radical (unpaired) electrons. The summed E-state index contributed by atoms with van der Waals surface area (Å²) < 4.78 is 0. The molecule has 2 heterocycles. The van der Waals surface area contributed by atoms with Gasteiger partial charge in [-0.2, -0.15) is 0 Å².